The predicted octanol–water partition coefficient (Wildman–Crippen LogP) is 2.04. The van der Waals surface area contributed by atoms with Crippen LogP contribution in [-0.2, 0) is 9.59 Å². The first-order chi connectivity index (χ1) is 15.5. The van der Waals surface area contributed by atoms with E-state index in [1.807, 2.05) is 17.0 Å². The Morgan fingerprint density at radius 2 is 1.97 bits per heavy atom. The SMILES string of the molecule is COc1ccc(-n2ncc(C(=O)C3CCCN3C(=O)CCCN3CCCC3=O)c2N)cc1. The van der Waals surface area contributed by atoms with Gasteiger partial charge in [-0.1, -0.05) is 0 Å². The molecule has 4 rings (SSSR count). The number of nitrogen functional groups attached to an aromatic ring is 1. The molecule has 2 aromatic rings. The van der Waals surface area contributed by atoms with E-state index in [0.29, 0.717) is 50.1 Å². The minimum absolute atomic E-state index is 0.0476. The van der Waals surface area contributed by atoms with Crippen molar-refractivity contribution in [1.29, 1.82) is 0 Å². The highest BCUT2D eigenvalue weighted by molar-refractivity contribution is 6.05. The van der Waals surface area contributed by atoms with Crippen LogP contribution in [0.2, 0.25) is 0 Å². The summed E-state index contributed by atoms with van der Waals surface area (Å²) in [6, 6.07) is 6.70. The van der Waals surface area contributed by atoms with Crippen LogP contribution in [0.3, 0.4) is 0 Å². The Morgan fingerprint density at radius 1 is 1.19 bits per heavy atom. The van der Waals surface area contributed by atoms with Gasteiger partial charge in [-0.2, -0.15) is 5.10 Å². The molecule has 9 nitrogen and oxygen atoms in total. The highest BCUT2D eigenvalue weighted by Gasteiger charge is 2.36. The van der Waals surface area contributed by atoms with Crippen LogP contribution in [0.5, 0.6) is 5.75 Å². The Morgan fingerprint density at radius 3 is 2.66 bits per heavy atom. The third kappa shape index (κ3) is 4.32. The number of amides is 2. The van der Waals surface area contributed by atoms with Gasteiger partial charge in [0.25, 0.3) is 0 Å². The largest absolute Gasteiger partial charge is 0.497 e. The molecule has 0 spiro atoms. The van der Waals surface area contributed by atoms with Crippen molar-refractivity contribution in [2.75, 3.05) is 32.5 Å². The lowest BCUT2D eigenvalue weighted by atomic mass is 10.0. The van der Waals surface area contributed by atoms with Crippen LogP contribution in [0.4, 0.5) is 5.82 Å². The summed E-state index contributed by atoms with van der Waals surface area (Å²) in [5, 5.41) is 4.29. The molecule has 2 N–H and O–H groups in total. The second kappa shape index (κ2) is 9.42. The summed E-state index contributed by atoms with van der Waals surface area (Å²) in [7, 11) is 1.59. The van der Waals surface area contributed by atoms with E-state index in [2.05, 4.69) is 5.10 Å². The van der Waals surface area contributed by atoms with E-state index >= 15 is 0 Å². The van der Waals surface area contributed by atoms with Gasteiger partial charge in [-0.15, -0.1) is 0 Å². The average molecular weight is 440 g/mol. The quantitative estimate of drug-likeness (QED) is 0.630. The number of methoxy groups -OCH3 is 1. The number of ether oxygens (including phenoxy) is 1. The van der Waals surface area contributed by atoms with E-state index in [1.54, 1.807) is 24.1 Å². The van der Waals surface area contributed by atoms with Gasteiger partial charge in [0.2, 0.25) is 11.8 Å². The molecule has 3 heterocycles. The first kappa shape index (κ1) is 21.9. The number of carbonyl (C=O) groups excluding carboxylic acids is 3. The molecule has 170 valence electrons. The van der Waals surface area contributed by atoms with E-state index in [4.69, 9.17) is 10.5 Å². The van der Waals surface area contributed by atoms with Crippen molar-refractivity contribution in [3.8, 4) is 11.4 Å². The Balaban J connectivity index is 1.41. The summed E-state index contributed by atoms with van der Waals surface area (Å²) in [5.74, 6) is 0.907. The summed E-state index contributed by atoms with van der Waals surface area (Å²) in [5.41, 5.74) is 7.31. The maximum absolute atomic E-state index is 13.3. The first-order valence-electron chi connectivity index (χ1n) is 11.1. The van der Waals surface area contributed by atoms with Crippen LogP contribution in [-0.4, -0.2) is 70.0 Å². The van der Waals surface area contributed by atoms with Crippen LogP contribution in [0.15, 0.2) is 30.5 Å². The normalized spacial score (nSPS) is 18.4. The predicted molar refractivity (Wildman–Crippen MR) is 119 cm³/mol. The van der Waals surface area contributed by atoms with Crippen LogP contribution in [0, 0.1) is 0 Å². The van der Waals surface area contributed by atoms with Crippen molar-refractivity contribution in [2.24, 2.45) is 0 Å². The van der Waals surface area contributed by atoms with Crippen LogP contribution in [0.25, 0.3) is 5.69 Å². The maximum atomic E-state index is 13.3. The highest BCUT2D eigenvalue weighted by atomic mass is 16.5. The zero-order valence-electron chi connectivity index (χ0n) is 18.3. The lowest BCUT2D eigenvalue weighted by Crippen LogP contribution is -2.41. The van der Waals surface area contributed by atoms with Crippen LogP contribution < -0.4 is 10.5 Å². The number of anilines is 1. The number of rotatable bonds is 8. The van der Waals surface area contributed by atoms with Gasteiger partial charge in [0.15, 0.2) is 5.78 Å². The Kier molecular flexibility index (Phi) is 6.43. The third-order valence-corrected chi connectivity index (χ3v) is 6.25. The van der Waals surface area contributed by atoms with E-state index < -0.39 is 6.04 Å². The van der Waals surface area contributed by atoms with Crippen molar-refractivity contribution in [3.05, 3.63) is 36.0 Å². The lowest BCUT2D eigenvalue weighted by Gasteiger charge is -2.24. The number of Topliss-reactive ketones (excluding diaryl/α,β-unsaturated/α-hetero) is 1. The van der Waals surface area contributed by atoms with Gasteiger partial charge in [-0.25, -0.2) is 4.68 Å². The number of carbonyl (C=O) groups is 3. The number of benzene rings is 1. The fourth-order valence-corrected chi connectivity index (χ4v) is 4.50. The molecule has 2 saturated heterocycles. The topological polar surface area (TPSA) is 111 Å². The number of ketones is 1. The minimum Gasteiger partial charge on any atom is -0.497 e. The fraction of sp³-hybridized carbons (Fsp3) is 0.478. The molecule has 0 bridgehead atoms. The molecule has 2 fully saturated rings. The minimum atomic E-state index is -0.522. The number of likely N-dealkylation sites (tertiary alicyclic amines) is 2. The molecule has 1 atom stereocenters. The second-order valence-electron chi connectivity index (χ2n) is 8.25. The molecule has 2 aliphatic heterocycles. The Labute approximate surface area is 187 Å². The van der Waals surface area contributed by atoms with Crippen molar-refractivity contribution in [3.63, 3.8) is 0 Å². The molecule has 0 radical (unpaired) electrons. The molecular weight excluding hydrogens is 410 g/mol. The van der Waals surface area contributed by atoms with Crippen LogP contribution in [0.1, 0.15) is 48.9 Å². The van der Waals surface area contributed by atoms with Gasteiger partial charge < -0.3 is 20.3 Å². The van der Waals surface area contributed by atoms with Gasteiger partial charge in [0.05, 0.1) is 30.6 Å². The summed E-state index contributed by atoms with van der Waals surface area (Å²) in [4.78, 5) is 41.3. The summed E-state index contributed by atoms with van der Waals surface area (Å²) in [6.45, 7) is 1.93. The Bertz CT molecular complexity index is 1000. The first-order valence-corrected chi connectivity index (χ1v) is 11.1. The summed E-state index contributed by atoms with van der Waals surface area (Å²) >= 11 is 0. The molecule has 1 aromatic heterocycles. The molecule has 1 unspecified atom stereocenters. The smallest absolute Gasteiger partial charge is 0.223 e. The monoisotopic (exact) mass is 439 g/mol. The number of hydrogen-bond donors (Lipinski definition) is 1. The highest BCUT2D eigenvalue weighted by Crippen LogP contribution is 2.26. The second-order valence-corrected chi connectivity index (χ2v) is 8.25. The Hall–Kier alpha value is -3.36. The number of hydrogen-bond acceptors (Lipinski definition) is 6. The molecule has 2 amide bonds. The van der Waals surface area contributed by atoms with Gasteiger partial charge in [-0.05, 0) is 49.9 Å². The standard InChI is InChI=1S/C23H29N5O4/c1-32-17-10-8-16(9-11-17)28-23(24)18(15-25-28)22(31)19-5-2-14-27(19)21(30)7-4-13-26-12-3-6-20(26)29/h8-11,15,19H,2-7,12-14,24H2,1H3. The van der Waals surface area contributed by atoms with Crippen molar-refractivity contribution >= 4 is 23.4 Å². The molecule has 1 aromatic carbocycles. The number of nitrogens with two attached hydrogens (primary N) is 1. The number of nitrogens with zero attached hydrogens (tertiary/aromatic N) is 4. The molecule has 9 heteroatoms. The van der Waals surface area contributed by atoms with Gasteiger partial charge >= 0.3 is 0 Å². The van der Waals surface area contributed by atoms with Crippen LogP contribution >= 0.6 is 0 Å². The van der Waals surface area contributed by atoms with E-state index in [-0.39, 0.29) is 23.4 Å². The maximum Gasteiger partial charge on any atom is 0.223 e. The molecule has 2 aliphatic rings. The summed E-state index contributed by atoms with van der Waals surface area (Å²) < 4.78 is 6.69. The van der Waals surface area contributed by atoms with E-state index in [9.17, 15) is 14.4 Å². The van der Waals surface area contributed by atoms with Gasteiger partial charge in [0.1, 0.15) is 11.6 Å². The zero-order valence-corrected chi connectivity index (χ0v) is 18.3. The van der Waals surface area contributed by atoms with Crippen molar-refractivity contribution in [2.45, 2.75) is 44.6 Å². The van der Waals surface area contributed by atoms with Gasteiger partial charge in [0, 0.05) is 32.5 Å². The number of aromatic nitrogens is 2. The summed E-state index contributed by atoms with van der Waals surface area (Å²) in [6.07, 6.45) is 5.29. The molecular formula is C23H29N5O4. The zero-order chi connectivity index (χ0) is 22.7. The third-order valence-electron chi connectivity index (χ3n) is 6.25. The van der Waals surface area contributed by atoms with Gasteiger partial charge in [-0.3, -0.25) is 14.4 Å². The van der Waals surface area contributed by atoms with Crippen molar-refractivity contribution in [1.82, 2.24) is 19.6 Å². The molecule has 32 heavy (non-hydrogen) atoms. The fourth-order valence-electron chi connectivity index (χ4n) is 4.50. The van der Waals surface area contributed by atoms with Crippen molar-refractivity contribution < 1.29 is 19.1 Å². The molecule has 0 aliphatic carbocycles. The average Bonchev–Trinajstić information content (AvgIpc) is 3.54. The van der Waals surface area contributed by atoms with E-state index in [0.717, 1.165) is 25.1 Å². The molecule has 0 saturated carbocycles. The lowest BCUT2D eigenvalue weighted by molar-refractivity contribution is -0.132. The van der Waals surface area contributed by atoms with E-state index in [1.165, 1.54) is 10.9 Å².